The van der Waals surface area contributed by atoms with E-state index in [4.69, 9.17) is 18.0 Å². The van der Waals surface area contributed by atoms with Gasteiger partial charge < -0.3 is 11.1 Å². The molecule has 1 aliphatic carbocycles. The van der Waals surface area contributed by atoms with E-state index in [9.17, 15) is 9.18 Å². The van der Waals surface area contributed by atoms with Gasteiger partial charge in [0.15, 0.2) is 0 Å². The predicted molar refractivity (Wildman–Crippen MR) is 80.4 cm³/mol. The largest absolute Gasteiger partial charge is 0.392 e. The molecule has 19 heavy (non-hydrogen) atoms. The number of halogens is 2. The summed E-state index contributed by atoms with van der Waals surface area (Å²) in [7, 11) is 0. The van der Waals surface area contributed by atoms with Crippen molar-refractivity contribution < 1.29 is 9.18 Å². The van der Waals surface area contributed by atoms with Crippen LogP contribution in [0.25, 0.3) is 0 Å². The molecule has 0 heterocycles. The maximum absolute atomic E-state index is 13.4. The lowest BCUT2D eigenvalue weighted by Crippen LogP contribution is -2.43. The van der Waals surface area contributed by atoms with Gasteiger partial charge in [0.05, 0.1) is 14.9 Å². The molecular weight excluding hydrogens is 331 g/mol. The van der Waals surface area contributed by atoms with Crippen molar-refractivity contribution in [1.82, 2.24) is 0 Å². The summed E-state index contributed by atoms with van der Waals surface area (Å²) in [6.45, 7) is 0. The second-order valence-electron chi connectivity index (χ2n) is 4.74. The van der Waals surface area contributed by atoms with Crippen LogP contribution in [0.4, 0.5) is 10.1 Å². The average molecular weight is 345 g/mol. The van der Waals surface area contributed by atoms with Crippen molar-refractivity contribution in [3.05, 3.63) is 28.5 Å². The van der Waals surface area contributed by atoms with E-state index in [1.807, 2.05) is 0 Å². The summed E-state index contributed by atoms with van der Waals surface area (Å²) >= 11 is 8.11. The Balaban J connectivity index is 2.20. The number of thiocarbonyl (C=S) groups is 1. The summed E-state index contributed by atoms with van der Waals surface area (Å²) in [6, 6.07) is 4.45. The number of hydrogen-bond donors (Lipinski definition) is 2. The number of nitrogens with two attached hydrogens (primary N) is 1. The molecule has 1 saturated carbocycles. The smallest absolute Gasteiger partial charge is 0.237 e. The van der Waals surface area contributed by atoms with Gasteiger partial charge in [-0.3, -0.25) is 4.79 Å². The predicted octanol–water partition coefficient (Wildman–Crippen LogP) is 3.37. The number of hydrogen-bond acceptors (Lipinski definition) is 2. The first-order valence-electron chi connectivity index (χ1n) is 6.02. The fourth-order valence-corrected chi connectivity index (χ4v) is 2.93. The fourth-order valence-electron chi connectivity index (χ4n) is 2.39. The quantitative estimate of drug-likeness (QED) is 0.826. The molecule has 0 unspecified atom stereocenters. The highest BCUT2D eigenvalue weighted by Crippen LogP contribution is 2.39. The Morgan fingerprint density at radius 1 is 1.42 bits per heavy atom. The van der Waals surface area contributed by atoms with Crippen LogP contribution in [0.1, 0.15) is 25.7 Å². The molecule has 1 fully saturated rings. The zero-order valence-corrected chi connectivity index (χ0v) is 12.6. The summed E-state index contributed by atoms with van der Waals surface area (Å²) in [6.07, 6.45) is 3.18. The number of carbonyl (C=O) groups is 1. The molecule has 1 aromatic rings. The summed E-state index contributed by atoms with van der Waals surface area (Å²) < 4.78 is 13.8. The summed E-state index contributed by atoms with van der Waals surface area (Å²) in [5, 5.41) is 2.71. The van der Waals surface area contributed by atoms with Crippen molar-refractivity contribution in [2.45, 2.75) is 25.7 Å². The Bertz CT molecular complexity index is 529. The second kappa shape index (κ2) is 5.54. The number of amides is 1. The van der Waals surface area contributed by atoms with Crippen molar-refractivity contribution in [1.29, 1.82) is 0 Å². The number of rotatable bonds is 3. The first kappa shape index (κ1) is 14.4. The van der Waals surface area contributed by atoms with Gasteiger partial charge in [-0.05, 0) is 47.0 Å². The van der Waals surface area contributed by atoms with Gasteiger partial charge in [-0.1, -0.05) is 25.1 Å². The van der Waals surface area contributed by atoms with E-state index in [2.05, 4.69) is 21.2 Å². The van der Waals surface area contributed by atoms with Crippen LogP contribution in [0.3, 0.4) is 0 Å². The lowest BCUT2D eigenvalue weighted by atomic mass is 9.85. The van der Waals surface area contributed by atoms with Gasteiger partial charge in [0.2, 0.25) is 5.91 Å². The zero-order valence-electron chi connectivity index (χ0n) is 10.2. The molecule has 0 bridgehead atoms. The van der Waals surface area contributed by atoms with Gasteiger partial charge >= 0.3 is 0 Å². The Labute approximate surface area is 124 Å². The molecule has 2 rings (SSSR count). The molecule has 0 aliphatic heterocycles. The molecule has 0 atom stereocenters. The fraction of sp³-hybridized carbons (Fsp3) is 0.385. The van der Waals surface area contributed by atoms with Gasteiger partial charge in [0.1, 0.15) is 5.82 Å². The van der Waals surface area contributed by atoms with E-state index >= 15 is 0 Å². The lowest BCUT2D eigenvalue weighted by Gasteiger charge is -2.26. The third-order valence-electron chi connectivity index (χ3n) is 3.54. The molecule has 0 saturated heterocycles. The monoisotopic (exact) mass is 344 g/mol. The highest BCUT2D eigenvalue weighted by atomic mass is 79.9. The molecule has 6 heteroatoms. The molecule has 1 aliphatic rings. The molecule has 102 valence electrons. The van der Waals surface area contributed by atoms with Crippen molar-refractivity contribution >= 4 is 44.7 Å². The van der Waals surface area contributed by atoms with Gasteiger partial charge in [-0.25, -0.2) is 4.39 Å². The minimum atomic E-state index is -0.779. The SMILES string of the molecule is NC(=S)C1(C(=O)Nc2ccc(Br)c(F)c2)CCCC1. The standard InChI is InChI=1S/C13H14BrFN2OS/c14-9-4-3-8(7-10(9)15)17-12(18)13(11(16)19)5-1-2-6-13/h3-4,7H,1-2,5-6H2,(H2,16,19)(H,17,18). The lowest BCUT2D eigenvalue weighted by molar-refractivity contribution is -0.122. The Hall–Kier alpha value is -1.01. The van der Waals surface area contributed by atoms with Crippen LogP contribution in [0, 0.1) is 11.2 Å². The van der Waals surface area contributed by atoms with Gasteiger partial charge in [0.25, 0.3) is 0 Å². The first-order valence-corrected chi connectivity index (χ1v) is 7.22. The first-order chi connectivity index (χ1) is 8.95. The Morgan fingerprint density at radius 3 is 2.58 bits per heavy atom. The summed E-state index contributed by atoms with van der Waals surface area (Å²) in [4.78, 5) is 12.6. The highest BCUT2D eigenvalue weighted by Gasteiger charge is 2.43. The van der Waals surface area contributed by atoms with Crippen LogP contribution in [-0.2, 0) is 4.79 Å². The Morgan fingerprint density at radius 2 is 2.05 bits per heavy atom. The average Bonchev–Trinajstić information content (AvgIpc) is 2.84. The van der Waals surface area contributed by atoms with Gasteiger partial charge in [-0.15, -0.1) is 0 Å². The topological polar surface area (TPSA) is 55.1 Å². The molecular formula is C13H14BrFN2OS. The molecule has 0 spiro atoms. The van der Waals surface area contributed by atoms with E-state index in [0.29, 0.717) is 23.0 Å². The van der Waals surface area contributed by atoms with Crippen molar-refractivity contribution in [2.75, 3.05) is 5.32 Å². The highest BCUT2D eigenvalue weighted by molar-refractivity contribution is 9.10. The zero-order chi connectivity index (χ0) is 14.0. The van der Waals surface area contributed by atoms with Crippen molar-refractivity contribution in [2.24, 2.45) is 11.1 Å². The Kier molecular flexibility index (Phi) is 4.20. The van der Waals surface area contributed by atoms with Crippen LogP contribution in [-0.4, -0.2) is 10.9 Å². The van der Waals surface area contributed by atoms with Crippen LogP contribution in [0.5, 0.6) is 0 Å². The molecule has 0 aromatic heterocycles. The summed E-state index contributed by atoms with van der Waals surface area (Å²) in [5.74, 6) is -0.659. The summed E-state index contributed by atoms with van der Waals surface area (Å²) in [5.41, 5.74) is 5.36. The maximum atomic E-state index is 13.4. The van der Waals surface area contributed by atoms with E-state index in [1.165, 1.54) is 6.07 Å². The van der Waals surface area contributed by atoms with Crippen LogP contribution < -0.4 is 11.1 Å². The number of anilines is 1. The molecule has 3 N–H and O–H groups in total. The van der Waals surface area contributed by atoms with E-state index in [-0.39, 0.29) is 10.9 Å². The molecule has 1 aromatic carbocycles. The van der Waals surface area contributed by atoms with Crippen LogP contribution in [0.2, 0.25) is 0 Å². The van der Waals surface area contributed by atoms with Crippen LogP contribution >= 0.6 is 28.1 Å². The van der Waals surface area contributed by atoms with Gasteiger partial charge in [-0.2, -0.15) is 0 Å². The van der Waals surface area contributed by atoms with E-state index < -0.39 is 11.2 Å². The third kappa shape index (κ3) is 2.79. The minimum Gasteiger partial charge on any atom is -0.392 e. The normalized spacial score (nSPS) is 17.2. The number of carbonyl (C=O) groups excluding carboxylic acids is 1. The minimum absolute atomic E-state index is 0.222. The van der Waals surface area contributed by atoms with Crippen LogP contribution in [0.15, 0.2) is 22.7 Å². The number of nitrogens with one attached hydrogen (secondary N) is 1. The number of benzene rings is 1. The van der Waals surface area contributed by atoms with Gasteiger partial charge in [0, 0.05) is 5.69 Å². The molecule has 1 amide bonds. The maximum Gasteiger partial charge on any atom is 0.237 e. The third-order valence-corrected chi connectivity index (χ3v) is 4.57. The van der Waals surface area contributed by atoms with Crippen molar-refractivity contribution in [3.8, 4) is 0 Å². The van der Waals surface area contributed by atoms with Crippen molar-refractivity contribution in [3.63, 3.8) is 0 Å². The molecule has 0 radical (unpaired) electrons. The van der Waals surface area contributed by atoms with E-state index in [1.54, 1.807) is 12.1 Å². The van der Waals surface area contributed by atoms with E-state index in [0.717, 1.165) is 12.8 Å². The second-order valence-corrected chi connectivity index (χ2v) is 6.03. The molecule has 3 nitrogen and oxygen atoms in total.